The highest BCUT2D eigenvalue weighted by molar-refractivity contribution is 7.76. The molecule has 0 bridgehead atoms. The van der Waals surface area contributed by atoms with Gasteiger partial charge in [-0.25, -0.2) is 0 Å². The Bertz CT molecular complexity index is 550. The van der Waals surface area contributed by atoms with Gasteiger partial charge in [0.15, 0.2) is 0 Å². The minimum absolute atomic E-state index is 0.00965. The highest BCUT2D eigenvalue weighted by Crippen LogP contribution is 2.62. The van der Waals surface area contributed by atoms with E-state index in [1.807, 2.05) is 0 Å². The van der Waals surface area contributed by atoms with E-state index >= 15 is 0 Å². The van der Waals surface area contributed by atoms with E-state index in [9.17, 15) is 14.4 Å². The van der Waals surface area contributed by atoms with Gasteiger partial charge in [0, 0.05) is 14.5 Å². The molecule has 0 saturated heterocycles. The van der Waals surface area contributed by atoms with E-state index in [2.05, 4.69) is 59.9 Å². The van der Waals surface area contributed by atoms with Crippen LogP contribution in [0.15, 0.2) is 0 Å². The summed E-state index contributed by atoms with van der Waals surface area (Å²) in [7, 11) is -5.91. The zero-order chi connectivity index (χ0) is 38.2. The summed E-state index contributed by atoms with van der Waals surface area (Å²) in [6.07, 6.45) is 48.6. The van der Waals surface area contributed by atoms with Gasteiger partial charge in [-0.2, -0.15) is 0 Å². The topological polar surface area (TPSA) is 72.4 Å². The molecule has 4 nitrogen and oxygen atoms in total. The maximum atomic E-state index is 9.64. The van der Waals surface area contributed by atoms with Crippen molar-refractivity contribution in [2.24, 2.45) is 0 Å². The van der Waals surface area contributed by atoms with Crippen molar-refractivity contribution in [1.29, 1.82) is 0 Å². The van der Waals surface area contributed by atoms with Crippen molar-refractivity contribution in [2.45, 2.75) is 223 Å². The van der Waals surface area contributed by atoms with Crippen LogP contribution in [-0.2, 0) is 9.09 Å². The lowest BCUT2D eigenvalue weighted by atomic mass is 10.3. The molecule has 0 unspecified atom stereocenters. The van der Waals surface area contributed by atoms with Crippen molar-refractivity contribution in [3.05, 3.63) is 0 Å². The van der Waals surface area contributed by atoms with E-state index in [0.29, 0.717) is 6.42 Å². The van der Waals surface area contributed by atoms with Crippen LogP contribution in [0.1, 0.15) is 223 Å². The molecule has 0 aliphatic carbocycles. The third-order valence-corrected chi connectivity index (χ3v) is 21.0. The van der Waals surface area contributed by atoms with Gasteiger partial charge in [0.2, 0.25) is 0 Å². The molecule has 0 radical (unpaired) electrons. The smallest absolute Gasteiger partial charge is 0.0596 e. The van der Waals surface area contributed by atoms with Gasteiger partial charge in [-0.05, 0) is 57.8 Å². The van der Waals surface area contributed by atoms with Gasteiger partial charge < -0.3 is 18.9 Å². The van der Waals surface area contributed by atoms with Crippen LogP contribution in [0.25, 0.3) is 0 Å². The Morgan fingerprint density at radius 2 is 0.520 bits per heavy atom. The molecule has 0 atom stereocenters. The summed E-state index contributed by atoms with van der Waals surface area (Å²) in [6, 6.07) is 0. The van der Waals surface area contributed by atoms with Crippen molar-refractivity contribution in [1.82, 2.24) is 0 Å². The first-order valence-corrected chi connectivity index (χ1v) is 28.9. The van der Waals surface area contributed by atoms with Gasteiger partial charge in [-0.3, -0.25) is 0 Å². The van der Waals surface area contributed by atoms with Gasteiger partial charge in [0.25, 0.3) is 0 Å². The Kier molecular flexibility index (Phi) is 45.5. The van der Waals surface area contributed by atoms with Crippen molar-refractivity contribution in [3.8, 4) is 0 Å². The number of phosphoric ester groups is 1. The van der Waals surface area contributed by atoms with Crippen molar-refractivity contribution < 1.29 is 18.9 Å². The lowest BCUT2D eigenvalue weighted by Crippen LogP contribution is -2.16. The van der Waals surface area contributed by atoms with Crippen LogP contribution in [0.2, 0.25) is 0 Å². The standard InChI is InChI=1S/2C20H44P.C3H9O4P/c2*1-5-9-13-17-21(18-14-10-6-2,19-15-11-7-3)20-16-12-8-4;1-2-3-7-8(4,5)6/h2*5-20H2,1-4H3;2-3H2,1H3,(H2,4,5,6)/q2*+1;/p-2. The van der Waals surface area contributed by atoms with Crippen LogP contribution >= 0.6 is 22.3 Å². The van der Waals surface area contributed by atoms with Crippen LogP contribution < -0.4 is 9.79 Å². The molecule has 0 saturated carbocycles. The van der Waals surface area contributed by atoms with Crippen molar-refractivity contribution in [2.75, 3.05) is 55.9 Å². The lowest BCUT2D eigenvalue weighted by Gasteiger charge is -2.28. The molecule has 0 N–H and O–H groups in total. The maximum Gasteiger partial charge on any atom is 0.0596 e. The molecule has 0 heterocycles. The van der Waals surface area contributed by atoms with Gasteiger partial charge in [0.05, 0.1) is 63.7 Å². The van der Waals surface area contributed by atoms with Crippen LogP contribution in [0.3, 0.4) is 0 Å². The molecular weight excluding hydrogens is 673 g/mol. The fourth-order valence-electron chi connectivity index (χ4n) is 7.12. The zero-order valence-electron chi connectivity index (χ0n) is 36.0. The van der Waals surface area contributed by atoms with E-state index < -0.39 is 22.3 Å². The third kappa shape index (κ3) is 38.7. The van der Waals surface area contributed by atoms with E-state index in [0.717, 1.165) is 0 Å². The van der Waals surface area contributed by atoms with E-state index in [4.69, 9.17) is 0 Å². The molecule has 0 aliphatic heterocycles. The second kappa shape index (κ2) is 41.1. The quantitative estimate of drug-likeness (QED) is 0.0475. The second-order valence-electron chi connectivity index (χ2n) is 15.4. The van der Waals surface area contributed by atoms with E-state index in [1.165, 1.54) is 154 Å². The average molecular weight is 769 g/mol. The Morgan fingerprint density at radius 1 is 0.340 bits per heavy atom. The van der Waals surface area contributed by atoms with Gasteiger partial charge >= 0.3 is 0 Å². The van der Waals surface area contributed by atoms with Gasteiger partial charge in [-0.1, -0.05) is 165 Å². The monoisotopic (exact) mass is 769 g/mol. The first kappa shape index (κ1) is 55.3. The third-order valence-electron chi connectivity index (χ3n) is 10.3. The Labute approximate surface area is 318 Å². The number of rotatable bonds is 35. The molecule has 0 fully saturated rings. The van der Waals surface area contributed by atoms with Gasteiger partial charge in [-0.15, -0.1) is 0 Å². The molecule has 0 aromatic carbocycles. The normalized spacial score (nSPS) is 12.0. The predicted octanol–water partition coefficient (Wildman–Crippen LogP) is 14.8. The SMILES string of the molecule is CCCCC[P+](CCCCC)(CCCCC)CCCCC.CCCCC[P+](CCCCC)(CCCCC)CCCCC.CCCOP(=O)([O-])[O-]. The van der Waals surface area contributed by atoms with Crippen molar-refractivity contribution in [3.63, 3.8) is 0 Å². The summed E-state index contributed by atoms with van der Waals surface area (Å²) in [4.78, 5) is 19.3. The second-order valence-corrected chi connectivity index (χ2v) is 25.5. The first-order chi connectivity index (χ1) is 24.0. The van der Waals surface area contributed by atoms with Crippen LogP contribution in [0.4, 0.5) is 0 Å². The molecule has 0 rings (SSSR count). The molecule has 50 heavy (non-hydrogen) atoms. The van der Waals surface area contributed by atoms with Gasteiger partial charge in [0.1, 0.15) is 0 Å². The molecule has 0 aromatic heterocycles. The average Bonchev–Trinajstić information content (AvgIpc) is 3.08. The molecule has 0 amide bonds. The minimum Gasteiger partial charge on any atom is -0.790 e. The van der Waals surface area contributed by atoms with E-state index in [-0.39, 0.29) is 6.61 Å². The number of unbranched alkanes of at least 4 members (excludes halogenated alkanes) is 16. The summed E-state index contributed by atoms with van der Waals surface area (Å²) in [6.45, 7) is 20.5. The fourth-order valence-corrected chi connectivity index (χ4v) is 17.4. The Balaban J connectivity index is -0.000000727. The summed E-state index contributed by atoms with van der Waals surface area (Å²) in [5, 5.41) is 0. The first-order valence-electron chi connectivity index (χ1n) is 22.4. The summed E-state index contributed by atoms with van der Waals surface area (Å²) < 4.78 is 13.5. The zero-order valence-corrected chi connectivity index (χ0v) is 38.7. The fraction of sp³-hybridized carbons (Fsp3) is 1.00. The number of hydrogen-bond donors (Lipinski definition) is 0. The van der Waals surface area contributed by atoms with Crippen LogP contribution in [0, 0.1) is 0 Å². The summed E-state index contributed by atoms with van der Waals surface area (Å²) >= 11 is 0. The Morgan fingerprint density at radius 3 is 0.620 bits per heavy atom. The molecule has 0 spiro atoms. The van der Waals surface area contributed by atoms with Crippen molar-refractivity contribution >= 4 is 22.3 Å². The molecule has 0 aliphatic rings. The molecular formula is C43H95O4P3. The van der Waals surface area contributed by atoms with Crippen LogP contribution in [-0.4, -0.2) is 55.9 Å². The summed E-state index contributed by atoms with van der Waals surface area (Å²) in [5.41, 5.74) is 0. The largest absolute Gasteiger partial charge is 0.790 e. The maximum absolute atomic E-state index is 9.64. The highest BCUT2D eigenvalue weighted by Gasteiger charge is 2.35. The molecule has 0 aromatic rings. The minimum atomic E-state index is -4.68. The summed E-state index contributed by atoms with van der Waals surface area (Å²) in [5.74, 6) is 0. The predicted molar refractivity (Wildman–Crippen MR) is 233 cm³/mol. The van der Waals surface area contributed by atoms with E-state index in [1.54, 1.807) is 56.2 Å². The highest BCUT2D eigenvalue weighted by atomic mass is 31.2. The molecule has 306 valence electrons. The number of hydrogen-bond acceptors (Lipinski definition) is 4. The Hall–Kier alpha value is 0.970. The number of phosphoric acid groups is 1. The molecule has 7 heteroatoms. The lowest BCUT2D eigenvalue weighted by molar-refractivity contribution is -0.341. The van der Waals surface area contributed by atoms with Crippen LogP contribution in [0.5, 0.6) is 0 Å².